The van der Waals surface area contributed by atoms with Gasteiger partial charge in [-0.2, -0.15) is 5.26 Å². The number of hydrogen-bond acceptors (Lipinski definition) is 5. The monoisotopic (exact) mass is 397 g/mol. The van der Waals surface area contributed by atoms with Crippen LogP contribution in [0, 0.1) is 11.3 Å². The van der Waals surface area contributed by atoms with Crippen molar-refractivity contribution in [1.29, 1.82) is 5.26 Å². The summed E-state index contributed by atoms with van der Waals surface area (Å²) in [5.41, 5.74) is 13.2. The molecule has 5 nitrogen and oxygen atoms in total. The number of hydrogen-bond donors (Lipinski definition) is 2. The molecule has 2 aromatic carbocycles. The van der Waals surface area contributed by atoms with Crippen LogP contribution in [-0.4, -0.2) is 6.54 Å². The van der Waals surface area contributed by atoms with Gasteiger partial charge in [-0.1, -0.05) is 66.9 Å². The molecule has 0 aliphatic carbocycles. The predicted molar refractivity (Wildman–Crippen MR) is 114 cm³/mol. The van der Waals surface area contributed by atoms with Crippen molar-refractivity contribution in [1.82, 2.24) is 5.32 Å². The Morgan fingerprint density at radius 1 is 1.20 bits per heavy atom. The van der Waals surface area contributed by atoms with Crippen molar-refractivity contribution in [3.05, 3.63) is 112 Å². The van der Waals surface area contributed by atoms with Crippen molar-refractivity contribution < 1.29 is 9.47 Å². The Bertz CT molecular complexity index is 1100. The van der Waals surface area contributed by atoms with Gasteiger partial charge in [0.15, 0.2) is 5.76 Å². The van der Waals surface area contributed by atoms with Gasteiger partial charge < -0.3 is 20.5 Å². The van der Waals surface area contributed by atoms with Gasteiger partial charge in [0, 0.05) is 12.6 Å². The molecule has 3 N–H and O–H groups in total. The fourth-order valence-electron chi connectivity index (χ4n) is 3.68. The summed E-state index contributed by atoms with van der Waals surface area (Å²) in [4.78, 5) is 0. The smallest absolute Gasteiger partial charge is 0.205 e. The predicted octanol–water partition coefficient (Wildman–Crippen LogP) is 4.30. The molecule has 2 atom stereocenters. The molecule has 4 rings (SSSR count). The molecule has 2 unspecified atom stereocenters. The van der Waals surface area contributed by atoms with E-state index in [0.717, 1.165) is 17.7 Å². The fraction of sp³-hybridized carbons (Fsp3) is 0.200. The van der Waals surface area contributed by atoms with E-state index in [9.17, 15) is 5.26 Å². The van der Waals surface area contributed by atoms with Gasteiger partial charge in [0.1, 0.15) is 24.0 Å². The molecule has 2 heterocycles. The second-order valence-electron chi connectivity index (χ2n) is 7.30. The van der Waals surface area contributed by atoms with E-state index in [4.69, 9.17) is 15.2 Å². The van der Waals surface area contributed by atoms with Crippen molar-refractivity contribution in [2.45, 2.75) is 25.5 Å². The fourth-order valence-corrected chi connectivity index (χ4v) is 3.68. The number of ether oxygens (including phenoxy) is 2. The number of allylic oxidation sites excluding steroid dienone is 3. The Morgan fingerprint density at radius 2 is 1.87 bits per heavy atom. The zero-order valence-corrected chi connectivity index (χ0v) is 16.8. The molecule has 30 heavy (non-hydrogen) atoms. The second-order valence-corrected chi connectivity index (χ2v) is 7.30. The summed E-state index contributed by atoms with van der Waals surface area (Å²) in [7, 11) is 0. The first-order chi connectivity index (χ1) is 14.6. The highest BCUT2D eigenvalue weighted by atomic mass is 16.5. The second kappa shape index (κ2) is 8.34. The SMILES string of the molecule is C=C=C(OCc1ccccc1)C1=C(C)OC(N)=C(C#N)C1c1ccc(C2CN2)cc1. The molecule has 2 aliphatic heterocycles. The molecular formula is C25H23N3O2. The molecule has 5 heteroatoms. The molecule has 2 aliphatic rings. The summed E-state index contributed by atoms with van der Waals surface area (Å²) in [6, 6.07) is 20.7. The van der Waals surface area contributed by atoms with E-state index in [2.05, 4.69) is 35.8 Å². The van der Waals surface area contributed by atoms with Gasteiger partial charge in [-0.3, -0.25) is 0 Å². The molecule has 1 saturated heterocycles. The van der Waals surface area contributed by atoms with Crippen molar-refractivity contribution in [2.24, 2.45) is 5.73 Å². The number of nitrogens with zero attached hydrogens (tertiary/aromatic N) is 1. The van der Waals surface area contributed by atoms with Crippen LogP contribution in [0.1, 0.15) is 35.6 Å². The first kappa shape index (κ1) is 19.6. The van der Waals surface area contributed by atoms with Crippen LogP contribution in [0.15, 0.2) is 95.5 Å². The van der Waals surface area contributed by atoms with Crippen molar-refractivity contribution in [3.8, 4) is 6.07 Å². The third-order valence-corrected chi connectivity index (χ3v) is 5.32. The van der Waals surface area contributed by atoms with E-state index in [-0.39, 0.29) is 5.88 Å². The third-order valence-electron chi connectivity index (χ3n) is 5.32. The highest BCUT2D eigenvalue weighted by Gasteiger charge is 2.34. The molecule has 2 aromatic rings. The number of rotatable bonds is 6. The van der Waals surface area contributed by atoms with Crippen LogP contribution in [0.5, 0.6) is 0 Å². The summed E-state index contributed by atoms with van der Waals surface area (Å²) < 4.78 is 11.8. The van der Waals surface area contributed by atoms with Gasteiger partial charge in [0.05, 0.1) is 11.5 Å². The van der Waals surface area contributed by atoms with Crippen LogP contribution < -0.4 is 11.1 Å². The lowest BCUT2D eigenvalue weighted by Crippen LogP contribution is -2.21. The van der Waals surface area contributed by atoms with E-state index in [1.165, 1.54) is 5.56 Å². The minimum absolute atomic E-state index is 0.114. The number of nitrogens with one attached hydrogen (secondary N) is 1. The molecule has 0 radical (unpaired) electrons. The van der Waals surface area contributed by atoms with E-state index in [1.54, 1.807) is 0 Å². The molecule has 150 valence electrons. The minimum atomic E-state index is -0.412. The first-order valence-electron chi connectivity index (χ1n) is 9.81. The maximum atomic E-state index is 9.83. The first-order valence-corrected chi connectivity index (χ1v) is 9.81. The van der Waals surface area contributed by atoms with Gasteiger partial charge in [0.25, 0.3) is 0 Å². The van der Waals surface area contributed by atoms with Gasteiger partial charge in [0.2, 0.25) is 5.88 Å². The highest BCUT2D eigenvalue weighted by molar-refractivity contribution is 5.54. The minimum Gasteiger partial charge on any atom is -0.481 e. The van der Waals surface area contributed by atoms with Crippen LogP contribution in [-0.2, 0) is 16.1 Å². The van der Waals surface area contributed by atoms with Crippen LogP contribution in [0.25, 0.3) is 0 Å². The van der Waals surface area contributed by atoms with Gasteiger partial charge in [-0.25, -0.2) is 0 Å². The average molecular weight is 397 g/mol. The van der Waals surface area contributed by atoms with E-state index in [1.807, 2.05) is 49.4 Å². The lowest BCUT2D eigenvalue weighted by atomic mass is 9.82. The summed E-state index contributed by atoms with van der Waals surface area (Å²) in [5, 5.41) is 13.1. The largest absolute Gasteiger partial charge is 0.481 e. The zero-order chi connectivity index (χ0) is 21.1. The number of benzene rings is 2. The van der Waals surface area contributed by atoms with Crippen LogP contribution >= 0.6 is 0 Å². The highest BCUT2D eigenvalue weighted by Crippen LogP contribution is 2.42. The van der Waals surface area contributed by atoms with Gasteiger partial charge in [-0.15, -0.1) is 0 Å². The molecule has 0 amide bonds. The Morgan fingerprint density at radius 3 is 2.47 bits per heavy atom. The summed E-state index contributed by atoms with van der Waals surface area (Å²) in [6.07, 6.45) is 0. The standard InChI is InChI=1S/C25H23N3O2/c1-3-22(29-15-17-7-5-4-6-8-17)23-16(2)30-25(27)20(13-26)24(23)19-11-9-18(10-12-19)21-14-28-21/h4-12,21,24,28H,1,14-15,27H2,2H3. The molecule has 0 spiro atoms. The zero-order valence-electron chi connectivity index (χ0n) is 16.8. The number of nitriles is 1. The van der Waals surface area contributed by atoms with Crippen molar-refractivity contribution >= 4 is 0 Å². The van der Waals surface area contributed by atoms with E-state index >= 15 is 0 Å². The summed E-state index contributed by atoms with van der Waals surface area (Å²) in [6.45, 7) is 6.98. The lowest BCUT2D eigenvalue weighted by Gasteiger charge is -2.28. The molecular weight excluding hydrogens is 374 g/mol. The maximum Gasteiger partial charge on any atom is 0.205 e. The summed E-state index contributed by atoms with van der Waals surface area (Å²) >= 11 is 0. The van der Waals surface area contributed by atoms with Crippen molar-refractivity contribution in [3.63, 3.8) is 0 Å². The molecule has 0 saturated carbocycles. The Kier molecular flexibility index (Phi) is 5.45. The topological polar surface area (TPSA) is 90.2 Å². The van der Waals surface area contributed by atoms with Crippen LogP contribution in [0.4, 0.5) is 0 Å². The lowest BCUT2D eigenvalue weighted by molar-refractivity contribution is 0.196. The molecule has 1 fully saturated rings. The molecule has 0 bridgehead atoms. The summed E-state index contributed by atoms with van der Waals surface area (Å²) in [5.74, 6) is 0.728. The maximum absolute atomic E-state index is 9.83. The molecule has 0 aromatic heterocycles. The normalized spacial score (nSPS) is 20.1. The average Bonchev–Trinajstić information content (AvgIpc) is 3.61. The third kappa shape index (κ3) is 3.88. The van der Waals surface area contributed by atoms with Gasteiger partial charge >= 0.3 is 0 Å². The Labute approximate surface area is 176 Å². The Balaban J connectivity index is 1.70. The van der Waals surface area contributed by atoms with Gasteiger partial charge in [-0.05, 0) is 23.6 Å². The Hall–Kier alpha value is -3.71. The quantitative estimate of drug-likeness (QED) is 0.431. The van der Waals surface area contributed by atoms with E-state index < -0.39 is 5.92 Å². The van der Waals surface area contributed by atoms with Crippen LogP contribution in [0.3, 0.4) is 0 Å². The van der Waals surface area contributed by atoms with Crippen LogP contribution in [0.2, 0.25) is 0 Å². The van der Waals surface area contributed by atoms with E-state index in [0.29, 0.717) is 35.3 Å². The van der Waals surface area contributed by atoms with Crippen molar-refractivity contribution in [2.75, 3.05) is 6.54 Å². The number of nitrogens with two attached hydrogens (primary N) is 1.